The molecule has 0 aliphatic carbocycles. The van der Waals surface area contributed by atoms with Gasteiger partial charge in [0.05, 0.1) is 10.5 Å². The number of hydrogen-bond donors (Lipinski definition) is 1. The first-order valence-electron chi connectivity index (χ1n) is 8.58. The molecule has 0 aromatic heterocycles. The highest BCUT2D eigenvalue weighted by Gasteiger charge is 2.25. The molecule has 0 aliphatic heterocycles. The number of hydrogen-bond acceptors (Lipinski definition) is 3. The molecule has 3 rings (SSSR count). The van der Waals surface area contributed by atoms with Crippen LogP contribution in [0.3, 0.4) is 0 Å². The van der Waals surface area contributed by atoms with Gasteiger partial charge in [-0.2, -0.15) is 4.31 Å². The standard InChI is InChI=1S/C21H17Cl2NO4S/c22-18-7-3-16(4-8-18)14-24(13-15-1-5-17(6-2-15)21(25)26)29(27,28)20-11-9-19(23)10-12-20/h1-12H,13-14H2,(H,25,26). The zero-order chi connectivity index (χ0) is 21.0. The number of carbonyl (C=O) groups is 1. The van der Waals surface area contributed by atoms with Crippen molar-refractivity contribution in [2.24, 2.45) is 0 Å². The predicted octanol–water partition coefficient (Wildman–Crippen LogP) is 5.08. The van der Waals surface area contributed by atoms with E-state index in [-0.39, 0.29) is 23.5 Å². The molecule has 8 heteroatoms. The van der Waals surface area contributed by atoms with Gasteiger partial charge in [0.1, 0.15) is 0 Å². The molecule has 0 radical (unpaired) electrons. The van der Waals surface area contributed by atoms with Crippen molar-refractivity contribution in [3.63, 3.8) is 0 Å². The lowest BCUT2D eigenvalue weighted by molar-refractivity contribution is 0.0697. The normalized spacial score (nSPS) is 11.6. The van der Waals surface area contributed by atoms with Crippen molar-refractivity contribution < 1.29 is 18.3 Å². The van der Waals surface area contributed by atoms with E-state index in [1.165, 1.54) is 40.7 Å². The van der Waals surface area contributed by atoms with Gasteiger partial charge in [0.2, 0.25) is 10.0 Å². The van der Waals surface area contributed by atoms with Crippen molar-refractivity contribution in [2.45, 2.75) is 18.0 Å². The second-order valence-electron chi connectivity index (χ2n) is 6.36. The summed E-state index contributed by atoms with van der Waals surface area (Å²) in [7, 11) is -3.83. The molecule has 0 unspecified atom stereocenters. The van der Waals surface area contributed by atoms with Crippen molar-refractivity contribution in [1.29, 1.82) is 0 Å². The van der Waals surface area contributed by atoms with E-state index in [0.717, 1.165) is 5.56 Å². The number of halogens is 2. The minimum Gasteiger partial charge on any atom is -0.478 e. The summed E-state index contributed by atoms with van der Waals surface area (Å²) in [5, 5.41) is 10.0. The highest BCUT2D eigenvalue weighted by atomic mass is 35.5. The van der Waals surface area contributed by atoms with Crippen LogP contribution in [-0.2, 0) is 23.1 Å². The maximum atomic E-state index is 13.3. The van der Waals surface area contributed by atoms with Crippen LogP contribution < -0.4 is 0 Å². The zero-order valence-corrected chi connectivity index (χ0v) is 17.5. The largest absolute Gasteiger partial charge is 0.478 e. The Morgan fingerprint density at radius 1 is 0.759 bits per heavy atom. The summed E-state index contributed by atoms with van der Waals surface area (Å²) in [6.45, 7) is 0.205. The lowest BCUT2D eigenvalue weighted by Crippen LogP contribution is -2.30. The SMILES string of the molecule is O=C(O)c1ccc(CN(Cc2ccc(Cl)cc2)S(=O)(=O)c2ccc(Cl)cc2)cc1. The number of benzene rings is 3. The number of aromatic carboxylic acids is 1. The number of carboxylic acid groups (broad SMARTS) is 1. The lowest BCUT2D eigenvalue weighted by Gasteiger charge is -2.23. The molecule has 0 atom stereocenters. The summed E-state index contributed by atoms with van der Waals surface area (Å²) in [6.07, 6.45) is 0. The summed E-state index contributed by atoms with van der Waals surface area (Å²) in [4.78, 5) is 11.2. The molecule has 150 valence electrons. The van der Waals surface area contributed by atoms with E-state index in [1.54, 1.807) is 36.4 Å². The molecule has 1 N–H and O–H groups in total. The van der Waals surface area contributed by atoms with Crippen LogP contribution in [0.25, 0.3) is 0 Å². The van der Waals surface area contributed by atoms with Crippen molar-refractivity contribution in [1.82, 2.24) is 4.31 Å². The molecule has 0 saturated heterocycles. The Labute approximate surface area is 179 Å². The molecule has 0 aliphatic rings. The van der Waals surface area contributed by atoms with Crippen molar-refractivity contribution in [3.05, 3.63) is 99.5 Å². The molecule has 3 aromatic rings. The van der Waals surface area contributed by atoms with Crippen LogP contribution in [0.4, 0.5) is 0 Å². The minimum atomic E-state index is -3.83. The average molecular weight is 450 g/mol. The molecule has 0 saturated carbocycles. The van der Waals surface area contributed by atoms with Gasteiger partial charge in [0.15, 0.2) is 0 Å². The summed E-state index contributed by atoms with van der Waals surface area (Å²) in [6, 6.07) is 19.0. The van der Waals surface area contributed by atoms with E-state index < -0.39 is 16.0 Å². The van der Waals surface area contributed by atoms with Crippen LogP contribution in [0.15, 0.2) is 77.7 Å². The maximum absolute atomic E-state index is 13.3. The Bertz CT molecular complexity index is 1100. The third kappa shape index (κ3) is 5.36. The molecule has 29 heavy (non-hydrogen) atoms. The van der Waals surface area contributed by atoms with Gasteiger partial charge in [-0.15, -0.1) is 0 Å². The molecular formula is C21H17Cl2NO4S. The Kier molecular flexibility index (Phi) is 6.59. The van der Waals surface area contributed by atoms with Gasteiger partial charge in [-0.05, 0) is 59.7 Å². The molecule has 0 fully saturated rings. The van der Waals surface area contributed by atoms with Crippen LogP contribution in [-0.4, -0.2) is 23.8 Å². The molecule has 5 nitrogen and oxygen atoms in total. The van der Waals surface area contributed by atoms with Crippen LogP contribution in [0, 0.1) is 0 Å². The van der Waals surface area contributed by atoms with E-state index >= 15 is 0 Å². The monoisotopic (exact) mass is 449 g/mol. The van der Waals surface area contributed by atoms with Crippen LogP contribution in [0.2, 0.25) is 10.0 Å². The maximum Gasteiger partial charge on any atom is 0.335 e. The number of nitrogens with zero attached hydrogens (tertiary/aromatic N) is 1. The van der Waals surface area contributed by atoms with Gasteiger partial charge in [0.25, 0.3) is 0 Å². The first-order chi connectivity index (χ1) is 13.8. The molecular weight excluding hydrogens is 433 g/mol. The fourth-order valence-corrected chi connectivity index (χ4v) is 4.40. The molecule has 0 bridgehead atoms. The number of sulfonamides is 1. The third-order valence-corrected chi connectivity index (χ3v) is 6.59. The van der Waals surface area contributed by atoms with Crippen LogP contribution >= 0.6 is 23.2 Å². The Morgan fingerprint density at radius 2 is 1.17 bits per heavy atom. The Hall–Kier alpha value is -2.38. The van der Waals surface area contributed by atoms with Gasteiger partial charge < -0.3 is 5.11 Å². The molecule has 0 amide bonds. The van der Waals surface area contributed by atoms with Gasteiger partial charge in [-0.1, -0.05) is 47.5 Å². The summed E-state index contributed by atoms with van der Waals surface area (Å²) in [5.41, 5.74) is 1.58. The van der Waals surface area contributed by atoms with Crippen molar-refractivity contribution >= 4 is 39.2 Å². The molecule has 3 aromatic carbocycles. The fourth-order valence-electron chi connectivity index (χ4n) is 2.73. The summed E-state index contributed by atoms with van der Waals surface area (Å²) < 4.78 is 27.8. The number of carboxylic acids is 1. The van der Waals surface area contributed by atoms with Gasteiger partial charge in [-0.3, -0.25) is 0 Å². The fraction of sp³-hybridized carbons (Fsp3) is 0.0952. The topological polar surface area (TPSA) is 74.7 Å². The average Bonchev–Trinajstić information content (AvgIpc) is 2.70. The van der Waals surface area contributed by atoms with Gasteiger partial charge in [0, 0.05) is 23.1 Å². The third-order valence-electron chi connectivity index (χ3n) is 4.28. The zero-order valence-electron chi connectivity index (χ0n) is 15.1. The molecule has 0 spiro atoms. The first kappa shape index (κ1) is 21.3. The second-order valence-corrected chi connectivity index (χ2v) is 9.17. The molecule has 0 heterocycles. The number of rotatable bonds is 7. The quantitative estimate of drug-likeness (QED) is 0.545. The van der Waals surface area contributed by atoms with Crippen LogP contribution in [0.5, 0.6) is 0 Å². The van der Waals surface area contributed by atoms with E-state index in [0.29, 0.717) is 15.6 Å². The minimum absolute atomic E-state index is 0.0769. The van der Waals surface area contributed by atoms with Gasteiger partial charge >= 0.3 is 5.97 Å². The summed E-state index contributed by atoms with van der Waals surface area (Å²) >= 11 is 11.8. The second kappa shape index (κ2) is 8.97. The van der Waals surface area contributed by atoms with E-state index in [4.69, 9.17) is 28.3 Å². The Balaban J connectivity index is 1.95. The van der Waals surface area contributed by atoms with E-state index in [9.17, 15) is 13.2 Å². The highest BCUT2D eigenvalue weighted by Crippen LogP contribution is 2.23. The smallest absolute Gasteiger partial charge is 0.335 e. The van der Waals surface area contributed by atoms with E-state index in [2.05, 4.69) is 0 Å². The highest BCUT2D eigenvalue weighted by molar-refractivity contribution is 7.89. The van der Waals surface area contributed by atoms with Crippen molar-refractivity contribution in [2.75, 3.05) is 0 Å². The first-order valence-corrected chi connectivity index (χ1v) is 10.8. The summed E-state index contributed by atoms with van der Waals surface area (Å²) in [5.74, 6) is -1.04. The Morgan fingerprint density at radius 3 is 1.62 bits per heavy atom. The van der Waals surface area contributed by atoms with Gasteiger partial charge in [-0.25, -0.2) is 13.2 Å². The van der Waals surface area contributed by atoms with Crippen molar-refractivity contribution in [3.8, 4) is 0 Å². The van der Waals surface area contributed by atoms with Crippen LogP contribution in [0.1, 0.15) is 21.5 Å². The predicted molar refractivity (Wildman–Crippen MR) is 113 cm³/mol. The lowest BCUT2D eigenvalue weighted by atomic mass is 10.1. The van der Waals surface area contributed by atoms with E-state index in [1.807, 2.05) is 0 Å².